The maximum Gasteiger partial charge on any atom is 0.194 e. The maximum atomic E-state index is 13.4. The van der Waals surface area contributed by atoms with Crippen molar-refractivity contribution in [3.8, 4) is 11.3 Å². The zero-order valence-electron chi connectivity index (χ0n) is 11.8. The third-order valence-corrected chi connectivity index (χ3v) is 3.69. The van der Waals surface area contributed by atoms with Gasteiger partial charge in [0.05, 0.1) is 0 Å². The molecule has 3 rings (SSSR count). The minimum Gasteiger partial charge on any atom is -0.383 e. The number of nitrogen functional groups attached to an aromatic ring is 1. The third kappa shape index (κ3) is 2.28. The molecule has 2 N–H and O–H groups in total. The molecule has 0 bridgehead atoms. The lowest BCUT2D eigenvalue weighted by Crippen LogP contribution is -2.09. The van der Waals surface area contributed by atoms with Crippen molar-refractivity contribution in [2.24, 2.45) is 0 Å². The molecule has 1 aliphatic carbocycles. The standard InChI is InChI=1S/C15H16F3N3/c1-7(2)21-14(19)13(20-15(21)8-3-4-8)9-5-10(16)12(18)11(17)6-9/h5-8H,3-4,19H2,1-2H3. The van der Waals surface area contributed by atoms with Crippen molar-refractivity contribution in [1.82, 2.24) is 9.55 Å². The molecule has 21 heavy (non-hydrogen) atoms. The highest BCUT2D eigenvalue weighted by Gasteiger charge is 2.32. The predicted octanol–water partition coefficient (Wildman–Crippen LogP) is 4.01. The fourth-order valence-corrected chi connectivity index (χ4v) is 2.54. The number of benzene rings is 1. The molecule has 2 aromatic rings. The average molecular weight is 295 g/mol. The maximum absolute atomic E-state index is 13.4. The van der Waals surface area contributed by atoms with Crippen LogP contribution in [0.15, 0.2) is 12.1 Å². The Hall–Kier alpha value is -1.98. The van der Waals surface area contributed by atoms with Crippen molar-refractivity contribution in [3.05, 3.63) is 35.4 Å². The van der Waals surface area contributed by atoms with Crippen molar-refractivity contribution >= 4 is 5.82 Å². The Morgan fingerprint density at radius 3 is 2.24 bits per heavy atom. The second-order valence-electron chi connectivity index (χ2n) is 5.70. The molecular weight excluding hydrogens is 279 g/mol. The Balaban J connectivity index is 2.17. The van der Waals surface area contributed by atoms with E-state index in [1.807, 2.05) is 18.4 Å². The summed E-state index contributed by atoms with van der Waals surface area (Å²) in [5.41, 5.74) is 6.57. The van der Waals surface area contributed by atoms with Gasteiger partial charge in [0.1, 0.15) is 17.3 Å². The van der Waals surface area contributed by atoms with Crippen LogP contribution < -0.4 is 5.73 Å². The Kier molecular flexibility index (Phi) is 3.19. The van der Waals surface area contributed by atoms with Gasteiger partial charge >= 0.3 is 0 Å². The number of imidazole rings is 1. The van der Waals surface area contributed by atoms with Gasteiger partial charge in [0.15, 0.2) is 17.5 Å². The topological polar surface area (TPSA) is 43.8 Å². The highest BCUT2D eigenvalue weighted by molar-refractivity contribution is 5.71. The van der Waals surface area contributed by atoms with E-state index in [2.05, 4.69) is 4.98 Å². The van der Waals surface area contributed by atoms with Crippen LogP contribution in [0.5, 0.6) is 0 Å². The van der Waals surface area contributed by atoms with Gasteiger partial charge in [0.2, 0.25) is 0 Å². The van der Waals surface area contributed by atoms with E-state index >= 15 is 0 Å². The van der Waals surface area contributed by atoms with E-state index in [4.69, 9.17) is 5.73 Å². The second-order valence-corrected chi connectivity index (χ2v) is 5.70. The lowest BCUT2D eigenvalue weighted by molar-refractivity contribution is 0.447. The van der Waals surface area contributed by atoms with Crippen molar-refractivity contribution in [2.45, 2.75) is 38.6 Å². The van der Waals surface area contributed by atoms with Gasteiger partial charge in [-0.15, -0.1) is 0 Å². The molecule has 0 radical (unpaired) electrons. The Labute approximate surface area is 120 Å². The summed E-state index contributed by atoms with van der Waals surface area (Å²) in [5.74, 6) is -2.42. The molecule has 0 spiro atoms. The summed E-state index contributed by atoms with van der Waals surface area (Å²) >= 11 is 0. The summed E-state index contributed by atoms with van der Waals surface area (Å²) in [6.45, 7) is 3.94. The van der Waals surface area contributed by atoms with Crippen LogP contribution in [0.25, 0.3) is 11.3 Å². The van der Waals surface area contributed by atoms with Crippen LogP contribution in [0.1, 0.15) is 44.5 Å². The normalized spacial score (nSPS) is 15.0. The molecule has 1 aliphatic rings. The molecule has 0 aliphatic heterocycles. The Morgan fingerprint density at radius 2 is 1.76 bits per heavy atom. The quantitative estimate of drug-likeness (QED) is 0.870. The average Bonchev–Trinajstić information content (AvgIpc) is 3.19. The van der Waals surface area contributed by atoms with Gasteiger partial charge < -0.3 is 10.3 Å². The molecule has 112 valence electrons. The van der Waals surface area contributed by atoms with E-state index in [9.17, 15) is 13.2 Å². The largest absolute Gasteiger partial charge is 0.383 e. The van der Waals surface area contributed by atoms with E-state index in [0.717, 1.165) is 30.8 Å². The zero-order chi connectivity index (χ0) is 15.3. The number of nitrogens with two attached hydrogens (primary N) is 1. The van der Waals surface area contributed by atoms with E-state index in [0.29, 0.717) is 17.4 Å². The van der Waals surface area contributed by atoms with Gasteiger partial charge in [0.25, 0.3) is 0 Å². The number of halogens is 3. The first-order valence-electron chi connectivity index (χ1n) is 6.92. The molecule has 1 aromatic carbocycles. The first-order valence-corrected chi connectivity index (χ1v) is 6.92. The van der Waals surface area contributed by atoms with Crippen LogP contribution in [-0.4, -0.2) is 9.55 Å². The summed E-state index contributed by atoms with van der Waals surface area (Å²) in [5, 5.41) is 0. The highest BCUT2D eigenvalue weighted by Crippen LogP contribution is 2.43. The van der Waals surface area contributed by atoms with E-state index in [1.165, 1.54) is 0 Å². The zero-order valence-corrected chi connectivity index (χ0v) is 11.8. The van der Waals surface area contributed by atoms with Crippen LogP contribution in [-0.2, 0) is 0 Å². The molecule has 1 aromatic heterocycles. The fourth-order valence-electron chi connectivity index (χ4n) is 2.54. The molecule has 1 saturated carbocycles. The lowest BCUT2D eigenvalue weighted by atomic mass is 10.1. The van der Waals surface area contributed by atoms with Crippen LogP contribution in [0.4, 0.5) is 19.0 Å². The Morgan fingerprint density at radius 1 is 1.19 bits per heavy atom. The molecule has 0 amide bonds. The van der Waals surface area contributed by atoms with E-state index in [-0.39, 0.29) is 11.6 Å². The number of hydrogen-bond donors (Lipinski definition) is 1. The van der Waals surface area contributed by atoms with Gasteiger partial charge in [0, 0.05) is 17.5 Å². The van der Waals surface area contributed by atoms with Crippen LogP contribution >= 0.6 is 0 Å². The first kappa shape index (κ1) is 14.0. The van der Waals surface area contributed by atoms with Gasteiger partial charge in [-0.05, 0) is 38.8 Å². The van der Waals surface area contributed by atoms with E-state index < -0.39 is 17.5 Å². The van der Waals surface area contributed by atoms with Crippen LogP contribution in [0, 0.1) is 17.5 Å². The fraction of sp³-hybridized carbons (Fsp3) is 0.400. The molecule has 0 saturated heterocycles. The number of anilines is 1. The first-order chi connectivity index (χ1) is 9.90. The summed E-state index contributed by atoms with van der Waals surface area (Å²) in [6, 6.07) is 1.95. The number of hydrogen-bond acceptors (Lipinski definition) is 2. The molecule has 0 unspecified atom stereocenters. The highest BCUT2D eigenvalue weighted by atomic mass is 19.2. The van der Waals surface area contributed by atoms with Crippen molar-refractivity contribution < 1.29 is 13.2 Å². The SMILES string of the molecule is CC(C)n1c(C2CC2)nc(-c2cc(F)c(F)c(F)c2)c1N. The molecule has 3 nitrogen and oxygen atoms in total. The Bertz CT molecular complexity index is 679. The van der Waals surface area contributed by atoms with Gasteiger partial charge in [-0.3, -0.25) is 0 Å². The monoisotopic (exact) mass is 295 g/mol. The lowest BCUT2D eigenvalue weighted by Gasteiger charge is -2.13. The van der Waals surface area contributed by atoms with Gasteiger partial charge in [-0.1, -0.05) is 0 Å². The van der Waals surface area contributed by atoms with Gasteiger partial charge in [-0.2, -0.15) is 0 Å². The molecule has 1 heterocycles. The minimum atomic E-state index is -1.48. The summed E-state index contributed by atoms with van der Waals surface area (Å²) < 4.78 is 41.8. The van der Waals surface area contributed by atoms with E-state index in [1.54, 1.807) is 0 Å². The summed E-state index contributed by atoms with van der Waals surface area (Å²) in [6.07, 6.45) is 2.07. The molecule has 0 atom stereocenters. The predicted molar refractivity (Wildman–Crippen MR) is 74.3 cm³/mol. The number of nitrogens with zero attached hydrogens (tertiary/aromatic N) is 2. The molecular formula is C15H16F3N3. The molecule has 6 heteroatoms. The summed E-state index contributed by atoms with van der Waals surface area (Å²) in [7, 11) is 0. The second kappa shape index (κ2) is 4.79. The number of rotatable bonds is 3. The van der Waals surface area contributed by atoms with Crippen molar-refractivity contribution in [2.75, 3.05) is 5.73 Å². The van der Waals surface area contributed by atoms with Gasteiger partial charge in [-0.25, -0.2) is 18.2 Å². The van der Waals surface area contributed by atoms with Crippen LogP contribution in [0.2, 0.25) is 0 Å². The minimum absolute atomic E-state index is 0.0944. The van der Waals surface area contributed by atoms with Crippen molar-refractivity contribution in [1.29, 1.82) is 0 Å². The molecule has 1 fully saturated rings. The smallest absolute Gasteiger partial charge is 0.194 e. The summed E-state index contributed by atoms with van der Waals surface area (Å²) in [4.78, 5) is 4.46. The van der Waals surface area contributed by atoms with Crippen molar-refractivity contribution in [3.63, 3.8) is 0 Å². The number of aromatic nitrogens is 2. The third-order valence-electron chi connectivity index (χ3n) is 3.69. The van der Waals surface area contributed by atoms with Crippen LogP contribution in [0.3, 0.4) is 0 Å².